The third kappa shape index (κ3) is 8.41. The van der Waals surface area contributed by atoms with E-state index in [2.05, 4.69) is 10.6 Å². The second kappa shape index (κ2) is 10.7. The van der Waals surface area contributed by atoms with Gasteiger partial charge in [-0.2, -0.15) is 13.2 Å². The summed E-state index contributed by atoms with van der Waals surface area (Å²) in [4.78, 5) is 37.2. The normalized spacial score (nSPS) is 12.4. The third-order valence-corrected chi connectivity index (χ3v) is 3.91. The molecule has 1 rings (SSSR count). The van der Waals surface area contributed by atoms with Gasteiger partial charge in [0.2, 0.25) is 5.91 Å². The molecule has 0 saturated carbocycles. The zero-order valence-corrected chi connectivity index (χ0v) is 16.5. The fourth-order valence-electron chi connectivity index (χ4n) is 2.68. The Bertz CT molecular complexity index is 706. The standard InChI is InChI=1S/C19H26F3N3O4/c1-4-9-25(11-16(26)27)17(28)15(10-12(2)3)24-18(29)23-14-7-5-13(6-8-14)19(20,21)22/h5-8,12,15H,4,9-11H2,1-3H3,(H,26,27)(H2,23,24,29)/t15-/m0/s1. The second-order valence-electron chi connectivity index (χ2n) is 7.01. The number of amides is 3. The van der Waals surface area contributed by atoms with E-state index < -0.39 is 42.2 Å². The molecule has 0 saturated heterocycles. The highest BCUT2D eigenvalue weighted by molar-refractivity contribution is 5.94. The van der Waals surface area contributed by atoms with Crippen molar-refractivity contribution in [2.45, 2.75) is 45.8 Å². The number of carboxylic acid groups (broad SMARTS) is 1. The third-order valence-electron chi connectivity index (χ3n) is 3.91. The number of halogens is 3. The quantitative estimate of drug-likeness (QED) is 0.572. The summed E-state index contributed by atoms with van der Waals surface area (Å²) in [6, 6.07) is 2.15. The first-order valence-electron chi connectivity index (χ1n) is 9.19. The predicted octanol–water partition coefficient (Wildman–Crippen LogP) is 3.56. The van der Waals surface area contributed by atoms with Crippen LogP contribution in [0, 0.1) is 5.92 Å². The number of hydrogen-bond donors (Lipinski definition) is 3. The minimum absolute atomic E-state index is 0.0311. The van der Waals surface area contributed by atoms with Crippen molar-refractivity contribution in [3.8, 4) is 0 Å². The number of nitrogens with one attached hydrogen (secondary N) is 2. The number of benzene rings is 1. The average Bonchev–Trinajstić information content (AvgIpc) is 2.59. The highest BCUT2D eigenvalue weighted by Crippen LogP contribution is 2.29. The monoisotopic (exact) mass is 417 g/mol. The summed E-state index contributed by atoms with van der Waals surface area (Å²) < 4.78 is 37.8. The number of hydrogen-bond acceptors (Lipinski definition) is 3. The SMILES string of the molecule is CCCN(CC(=O)O)C(=O)[C@H](CC(C)C)NC(=O)Nc1ccc(C(F)(F)F)cc1. The van der Waals surface area contributed by atoms with E-state index in [9.17, 15) is 27.6 Å². The molecule has 3 N–H and O–H groups in total. The molecule has 1 atom stereocenters. The van der Waals surface area contributed by atoms with Crippen molar-refractivity contribution >= 4 is 23.6 Å². The number of carboxylic acids is 1. The topological polar surface area (TPSA) is 98.7 Å². The van der Waals surface area contributed by atoms with E-state index in [0.717, 1.165) is 29.2 Å². The van der Waals surface area contributed by atoms with Crippen LogP contribution < -0.4 is 10.6 Å². The summed E-state index contributed by atoms with van der Waals surface area (Å²) in [5.74, 6) is -1.65. The molecular formula is C19H26F3N3O4. The molecule has 1 aromatic carbocycles. The van der Waals surface area contributed by atoms with Gasteiger partial charge in [0, 0.05) is 12.2 Å². The van der Waals surface area contributed by atoms with E-state index in [-0.39, 0.29) is 24.6 Å². The van der Waals surface area contributed by atoms with Crippen LogP contribution >= 0.6 is 0 Å². The highest BCUT2D eigenvalue weighted by Gasteiger charge is 2.30. The fourth-order valence-corrected chi connectivity index (χ4v) is 2.68. The lowest BCUT2D eigenvalue weighted by Gasteiger charge is -2.27. The van der Waals surface area contributed by atoms with Gasteiger partial charge in [0.1, 0.15) is 12.6 Å². The van der Waals surface area contributed by atoms with Crippen molar-refractivity contribution in [2.75, 3.05) is 18.4 Å². The first kappa shape index (κ1) is 24.3. The number of nitrogens with zero attached hydrogens (tertiary/aromatic N) is 1. The van der Waals surface area contributed by atoms with Crippen molar-refractivity contribution in [3.05, 3.63) is 29.8 Å². The summed E-state index contributed by atoms with van der Waals surface area (Å²) in [7, 11) is 0. The van der Waals surface area contributed by atoms with Crippen molar-refractivity contribution < 1.29 is 32.7 Å². The van der Waals surface area contributed by atoms with Crippen LogP contribution in [0.25, 0.3) is 0 Å². The number of rotatable bonds is 9. The van der Waals surface area contributed by atoms with E-state index in [4.69, 9.17) is 5.11 Å². The maximum atomic E-state index is 12.7. The Labute approximate surface area is 167 Å². The molecule has 0 aliphatic rings. The molecule has 0 unspecified atom stereocenters. The summed E-state index contributed by atoms with van der Waals surface area (Å²) in [5, 5.41) is 13.9. The minimum atomic E-state index is -4.48. The lowest BCUT2D eigenvalue weighted by molar-refractivity contribution is -0.145. The molecule has 0 aromatic heterocycles. The van der Waals surface area contributed by atoms with Crippen LogP contribution in [0.5, 0.6) is 0 Å². The van der Waals surface area contributed by atoms with Gasteiger partial charge in [-0.05, 0) is 43.0 Å². The van der Waals surface area contributed by atoms with E-state index in [1.54, 1.807) is 6.92 Å². The van der Waals surface area contributed by atoms with Crippen molar-refractivity contribution in [2.24, 2.45) is 5.92 Å². The Hall–Kier alpha value is -2.78. The van der Waals surface area contributed by atoms with Gasteiger partial charge in [-0.3, -0.25) is 9.59 Å². The van der Waals surface area contributed by atoms with Gasteiger partial charge in [0.15, 0.2) is 0 Å². The molecule has 0 aliphatic heterocycles. The van der Waals surface area contributed by atoms with Crippen LogP contribution in [-0.2, 0) is 15.8 Å². The lowest BCUT2D eigenvalue weighted by atomic mass is 10.0. The Balaban J connectivity index is 2.86. The van der Waals surface area contributed by atoms with Crippen LogP contribution in [0.3, 0.4) is 0 Å². The molecule has 0 fully saturated rings. The number of urea groups is 1. The fraction of sp³-hybridized carbons (Fsp3) is 0.526. The number of carbonyl (C=O) groups is 3. The van der Waals surface area contributed by atoms with Crippen LogP contribution in [0.4, 0.5) is 23.7 Å². The molecule has 7 nitrogen and oxygen atoms in total. The smallest absolute Gasteiger partial charge is 0.416 e. The molecule has 3 amide bonds. The van der Waals surface area contributed by atoms with Crippen molar-refractivity contribution in [1.82, 2.24) is 10.2 Å². The lowest BCUT2D eigenvalue weighted by Crippen LogP contribution is -2.51. The molecule has 162 valence electrons. The Kier molecular flexibility index (Phi) is 8.93. The summed E-state index contributed by atoms with van der Waals surface area (Å²) in [6.45, 7) is 5.23. The minimum Gasteiger partial charge on any atom is -0.480 e. The zero-order valence-electron chi connectivity index (χ0n) is 16.5. The van der Waals surface area contributed by atoms with Gasteiger partial charge in [-0.1, -0.05) is 20.8 Å². The molecule has 0 heterocycles. The van der Waals surface area contributed by atoms with E-state index in [1.807, 2.05) is 13.8 Å². The van der Waals surface area contributed by atoms with Crippen LogP contribution in [0.15, 0.2) is 24.3 Å². The molecule has 0 aliphatic carbocycles. The van der Waals surface area contributed by atoms with Gasteiger partial charge in [0.25, 0.3) is 0 Å². The molecule has 0 bridgehead atoms. The maximum absolute atomic E-state index is 12.7. The number of alkyl halides is 3. The highest BCUT2D eigenvalue weighted by atomic mass is 19.4. The molecular weight excluding hydrogens is 391 g/mol. The molecule has 1 aromatic rings. The first-order chi connectivity index (χ1) is 13.4. The van der Waals surface area contributed by atoms with Gasteiger partial charge < -0.3 is 20.6 Å². The second-order valence-corrected chi connectivity index (χ2v) is 7.01. The van der Waals surface area contributed by atoms with Gasteiger partial charge in [-0.15, -0.1) is 0 Å². The van der Waals surface area contributed by atoms with Gasteiger partial charge in [0.05, 0.1) is 5.56 Å². The summed E-state index contributed by atoms with van der Waals surface area (Å²) >= 11 is 0. The van der Waals surface area contributed by atoms with Crippen molar-refractivity contribution in [3.63, 3.8) is 0 Å². The molecule has 29 heavy (non-hydrogen) atoms. The Morgan fingerprint density at radius 2 is 1.72 bits per heavy atom. The van der Waals surface area contributed by atoms with E-state index in [0.29, 0.717) is 6.42 Å². The Morgan fingerprint density at radius 3 is 2.17 bits per heavy atom. The largest absolute Gasteiger partial charge is 0.480 e. The van der Waals surface area contributed by atoms with E-state index in [1.165, 1.54) is 0 Å². The molecule has 0 radical (unpaired) electrons. The maximum Gasteiger partial charge on any atom is 0.416 e. The van der Waals surface area contributed by atoms with Crippen molar-refractivity contribution in [1.29, 1.82) is 0 Å². The Morgan fingerprint density at radius 1 is 1.14 bits per heavy atom. The van der Waals surface area contributed by atoms with Crippen LogP contribution in [-0.4, -0.2) is 47.0 Å². The van der Waals surface area contributed by atoms with Crippen LogP contribution in [0.1, 0.15) is 39.2 Å². The molecule has 0 spiro atoms. The summed E-state index contributed by atoms with van der Waals surface area (Å²) in [6.07, 6.45) is -3.66. The zero-order chi connectivity index (χ0) is 22.2. The number of aliphatic carboxylic acids is 1. The predicted molar refractivity (Wildman–Crippen MR) is 101 cm³/mol. The average molecular weight is 417 g/mol. The van der Waals surface area contributed by atoms with E-state index >= 15 is 0 Å². The van der Waals surface area contributed by atoms with Gasteiger partial charge in [-0.25, -0.2) is 4.79 Å². The van der Waals surface area contributed by atoms with Crippen LogP contribution in [0.2, 0.25) is 0 Å². The number of anilines is 1. The number of carbonyl (C=O) groups excluding carboxylic acids is 2. The summed E-state index contributed by atoms with van der Waals surface area (Å²) in [5.41, 5.74) is -0.720. The molecule has 10 heteroatoms. The first-order valence-corrected chi connectivity index (χ1v) is 9.19. The van der Waals surface area contributed by atoms with Gasteiger partial charge >= 0.3 is 18.2 Å².